The van der Waals surface area contributed by atoms with Crippen molar-refractivity contribution in [2.75, 3.05) is 0 Å². The topological polar surface area (TPSA) is 69.4 Å². The summed E-state index contributed by atoms with van der Waals surface area (Å²) in [5.41, 5.74) is 0. The van der Waals surface area contributed by atoms with Crippen molar-refractivity contribution in [1.82, 2.24) is 0 Å². The molecule has 0 aliphatic rings. The first-order valence-electron chi connectivity index (χ1n) is 3.68. The number of halogens is 4. The minimum Gasteiger partial charge on any atom is -0.404 e. The predicted octanol–water partition coefficient (Wildman–Crippen LogP) is 1.89. The lowest BCUT2D eigenvalue weighted by Crippen LogP contribution is -2.18. The van der Waals surface area contributed by atoms with Crippen molar-refractivity contribution in [1.29, 1.82) is 0 Å². The van der Waals surface area contributed by atoms with Gasteiger partial charge in [0.15, 0.2) is 0 Å². The van der Waals surface area contributed by atoms with Crippen molar-refractivity contribution in [2.24, 2.45) is 5.14 Å². The van der Waals surface area contributed by atoms with Gasteiger partial charge in [-0.2, -0.15) is 0 Å². The third-order valence-corrected chi connectivity index (χ3v) is 2.68. The fourth-order valence-electron chi connectivity index (χ4n) is 0.864. The third-order valence-electron chi connectivity index (χ3n) is 1.46. The molecule has 0 heterocycles. The highest BCUT2D eigenvalue weighted by Gasteiger charge is 2.32. The summed E-state index contributed by atoms with van der Waals surface area (Å²) < 4.78 is 60.9. The van der Waals surface area contributed by atoms with E-state index in [9.17, 15) is 21.6 Å². The predicted molar refractivity (Wildman–Crippen MR) is 49.5 cm³/mol. The first-order chi connectivity index (χ1) is 7.09. The number of hydrogen-bond acceptors (Lipinski definition) is 3. The number of alkyl halides is 3. The van der Waals surface area contributed by atoms with E-state index in [2.05, 4.69) is 4.74 Å². The Labute approximate surface area is 93.8 Å². The molecule has 1 rings (SSSR count). The van der Waals surface area contributed by atoms with Gasteiger partial charge in [0.05, 0.1) is 9.92 Å². The van der Waals surface area contributed by atoms with Gasteiger partial charge in [-0.1, -0.05) is 11.6 Å². The van der Waals surface area contributed by atoms with E-state index >= 15 is 0 Å². The number of ether oxygens (including phenoxy) is 1. The average molecular weight is 276 g/mol. The van der Waals surface area contributed by atoms with E-state index < -0.39 is 27.0 Å². The number of nitrogens with two attached hydrogens (primary N) is 1. The van der Waals surface area contributed by atoms with E-state index in [1.54, 1.807) is 0 Å². The lowest BCUT2D eigenvalue weighted by atomic mass is 10.3. The Bertz CT molecular complexity index is 500. The number of primary sulfonamides is 1. The third kappa shape index (κ3) is 3.54. The molecule has 0 radical (unpaired) electrons. The smallest absolute Gasteiger partial charge is 0.404 e. The van der Waals surface area contributed by atoms with Crippen molar-refractivity contribution in [2.45, 2.75) is 11.3 Å². The highest BCUT2D eigenvalue weighted by Crippen LogP contribution is 2.31. The van der Waals surface area contributed by atoms with Gasteiger partial charge in [-0.05, 0) is 12.1 Å². The van der Waals surface area contributed by atoms with Crippen LogP contribution in [0.5, 0.6) is 5.75 Å². The second kappa shape index (κ2) is 4.11. The molecule has 0 fully saturated rings. The minimum absolute atomic E-state index is 0.371. The second-order valence-corrected chi connectivity index (χ2v) is 4.65. The standard InChI is InChI=1S/C7H5ClF3NO3S/c8-5-2-1-4(16(12,13)14)3-6(5)15-7(9,10)11/h1-3H,(H2,12,13,14). The Morgan fingerprint density at radius 1 is 1.31 bits per heavy atom. The summed E-state index contributed by atoms with van der Waals surface area (Å²) in [6.45, 7) is 0. The molecule has 0 atom stereocenters. The largest absolute Gasteiger partial charge is 0.573 e. The van der Waals surface area contributed by atoms with Gasteiger partial charge in [-0.25, -0.2) is 13.6 Å². The van der Waals surface area contributed by atoms with Crippen LogP contribution in [0.3, 0.4) is 0 Å². The summed E-state index contributed by atoms with van der Waals surface area (Å²) in [7, 11) is -4.10. The van der Waals surface area contributed by atoms with Crippen LogP contribution in [0.25, 0.3) is 0 Å². The highest BCUT2D eigenvalue weighted by molar-refractivity contribution is 7.89. The zero-order valence-corrected chi connectivity index (χ0v) is 9.03. The van der Waals surface area contributed by atoms with Crippen LogP contribution in [-0.4, -0.2) is 14.8 Å². The summed E-state index contributed by atoms with van der Waals surface area (Å²) in [5, 5.41) is 4.36. The Kier molecular flexibility index (Phi) is 3.36. The van der Waals surface area contributed by atoms with Crippen LogP contribution < -0.4 is 9.88 Å². The second-order valence-electron chi connectivity index (χ2n) is 2.69. The Morgan fingerprint density at radius 3 is 2.31 bits per heavy atom. The average Bonchev–Trinajstić information content (AvgIpc) is 2.04. The molecule has 2 N–H and O–H groups in total. The maximum absolute atomic E-state index is 11.9. The monoisotopic (exact) mass is 275 g/mol. The van der Waals surface area contributed by atoms with Crippen LogP contribution in [0, 0.1) is 0 Å². The van der Waals surface area contributed by atoms with E-state index in [-0.39, 0.29) is 5.02 Å². The quantitative estimate of drug-likeness (QED) is 0.896. The molecule has 4 nitrogen and oxygen atoms in total. The molecule has 0 unspecified atom stereocenters. The molecule has 0 saturated carbocycles. The number of sulfonamides is 1. The molecule has 0 aliphatic heterocycles. The summed E-state index contributed by atoms with van der Waals surface area (Å²) in [5.74, 6) is -0.819. The molecule has 0 spiro atoms. The number of hydrogen-bond donors (Lipinski definition) is 1. The van der Waals surface area contributed by atoms with E-state index in [4.69, 9.17) is 16.7 Å². The van der Waals surface area contributed by atoms with Crippen molar-refractivity contribution in [3.63, 3.8) is 0 Å². The zero-order valence-electron chi connectivity index (χ0n) is 7.45. The molecule has 0 amide bonds. The Balaban J connectivity index is 3.20. The van der Waals surface area contributed by atoms with Crippen LogP contribution >= 0.6 is 11.6 Å². The molecule has 0 bridgehead atoms. The minimum atomic E-state index is -4.96. The molecule has 1 aromatic rings. The first kappa shape index (κ1) is 13.1. The summed E-state index contributed by atoms with van der Waals surface area (Å²) in [4.78, 5) is -0.517. The van der Waals surface area contributed by atoms with Crippen LogP contribution in [0.1, 0.15) is 0 Å². The van der Waals surface area contributed by atoms with Gasteiger partial charge in [0, 0.05) is 6.07 Å². The van der Waals surface area contributed by atoms with E-state index in [0.717, 1.165) is 12.1 Å². The van der Waals surface area contributed by atoms with E-state index in [1.807, 2.05) is 0 Å². The summed E-state index contributed by atoms with van der Waals surface area (Å²) in [6, 6.07) is 2.52. The fraction of sp³-hybridized carbons (Fsp3) is 0.143. The SMILES string of the molecule is NS(=O)(=O)c1ccc(Cl)c(OC(F)(F)F)c1. The molecule has 16 heavy (non-hydrogen) atoms. The van der Waals surface area contributed by atoms with Crippen LogP contribution in [0.2, 0.25) is 5.02 Å². The van der Waals surface area contributed by atoms with Gasteiger partial charge in [0.2, 0.25) is 10.0 Å². The van der Waals surface area contributed by atoms with Gasteiger partial charge in [0.1, 0.15) is 5.75 Å². The molecular weight excluding hydrogens is 271 g/mol. The van der Waals surface area contributed by atoms with Crippen LogP contribution in [0.15, 0.2) is 23.1 Å². The van der Waals surface area contributed by atoms with Gasteiger partial charge in [-0.15, -0.1) is 13.2 Å². The first-order valence-corrected chi connectivity index (χ1v) is 5.60. The molecule has 0 saturated heterocycles. The Morgan fingerprint density at radius 2 is 1.88 bits per heavy atom. The lowest BCUT2D eigenvalue weighted by molar-refractivity contribution is -0.274. The van der Waals surface area contributed by atoms with Crippen LogP contribution in [-0.2, 0) is 10.0 Å². The van der Waals surface area contributed by atoms with Gasteiger partial charge in [0.25, 0.3) is 0 Å². The summed E-state index contributed by atoms with van der Waals surface area (Å²) in [6.07, 6.45) is -4.96. The molecule has 1 aromatic carbocycles. The van der Waals surface area contributed by atoms with Gasteiger partial charge >= 0.3 is 6.36 Å². The lowest BCUT2D eigenvalue weighted by Gasteiger charge is -2.10. The highest BCUT2D eigenvalue weighted by atomic mass is 35.5. The van der Waals surface area contributed by atoms with Crippen molar-refractivity contribution < 1.29 is 26.3 Å². The molecule has 0 aliphatic carbocycles. The maximum Gasteiger partial charge on any atom is 0.573 e. The van der Waals surface area contributed by atoms with Crippen molar-refractivity contribution >= 4 is 21.6 Å². The maximum atomic E-state index is 11.9. The molecular formula is C7H5ClF3NO3S. The van der Waals surface area contributed by atoms with E-state index in [0.29, 0.717) is 6.07 Å². The molecule has 0 aromatic heterocycles. The van der Waals surface area contributed by atoms with Crippen LogP contribution in [0.4, 0.5) is 13.2 Å². The van der Waals surface area contributed by atoms with Crippen molar-refractivity contribution in [3.8, 4) is 5.75 Å². The van der Waals surface area contributed by atoms with E-state index in [1.165, 1.54) is 0 Å². The fourth-order valence-corrected chi connectivity index (χ4v) is 1.55. The van der Waals surface area contributed by atoms with Gasteiger partial charge in [-0.3, -0.25) is 0 Å². The normalized spacial score (nSPS) is 12.6. The number of rotatable bonds is 2. The summed E-state index contributed by atoms with van der Waals surface area (Å²) >= 11 is 5.39. The van der Waals surface area contributed by atoms with Crippen molar-refractivity contribution in [3.05, 3.63) is 23.2 Å². The Hall–Kier alpha value is -0.990. The van der Waals surface area contributed by atoms with Gasteiger partial charge < -0.3 is 4.74 Å². The zero-order chi connectivity index (χ0) is 12.6. The number of benzene rings is 1. The molecule has 9 heteroatoms. The molecule has 90 valence electrons.